The summed E-state index contributed by atoms with van der Waals surface area (Å²) in [7, 11) is 3.26. The molecule has 0 saturated heterocycles. The molecule has 29 heavy (non-hydrogen) atoms. The second kappa shape index (κ2) is 7.91. The van der Waals surface area contributed by atoms with Crippen LogP contribution in [0.5, 0.6) is 11.5 Å². The van der Waals surface area contributed by atoms with E-state index in [1.807, 2.05) is 16.6 Å². The summed E-state index contributed by atoms with van der Waals surface area (Å²) < 4.78 is 12.8. The number of benzene rings is 2. The first-order chi connectivity index (χ1) is 14.0. The Balaban J connectivity index is 1.84. The van der Waals surface area contributed by atoms with Gasteiger partial charge in [-0.15, -0.1) is 5.10 Å². The molecule has 150 valence electrons. The van der Waals surface area contributed by atoms with Crippen LogP contribution in [0.3, 0.4) is 0 Å². The summed E-state index contributed by atoms with van der Waals surface area (Å²) in [5.41, 5.74) is 5.40. The summed E-state index contributed by atoms with van der Waals surface area (Å²) in [6.07, 6.45) is 0.762. The lowest BCUT2D eigenvalue weighted by Gasteiger charge is -2.11. The Morgan fingerprint density at radius 2 is 1.62 bits per heavy atom. The van der Waals surface area contributed by atoms with Crippen molar-refractivity contribution >= 4 is 28.3 Å². The van der Waals surface area contributed by atoms with E-state index in [2.05, 4.69) is 44.1 Å². The summed E-state index contributed by atoms with van der Waals surface area (Å²) in [4.78, 5) is 9.62. The van der Waals surface area contributed by atoms with Gasteiger partial charge in [-0.25, -0.2) is 9.97 Å². The maximum Gasteiger partial charge on any atom is 0.191 e. The smallest absolute Gasteiger partial charge is 0.191 e. The number of thioether (sulfide) groups is 1. The van der Waals surface area contributed by atoms with Crippen LogP contribution in [0.4, 0.5) is 0 Å². The van der Waals surface area contributed by atoms with Gasteiger partial charge in [0.15, 0.2) is 28.1 Å². The highest BCUT2D eigenvalue weighted by atomic mass is 32.2. The number of nitrogens with zero attached hydrogens (tertiary/aromatic N) is 4. The molecule has 2 aromatic carbocycles. The Morgan fingerprint density at radius 1 is 0.931 bits per heavy atom. The number of methoxy groups -OCH3 is 2. The zero-order chi connectivity index (χ0) is 20.5. The van der Waals surface area contributed by atoms with Gasteiger partial charge in [-0.2, -0.15) is 4.52 Å². The summed E-state index contributed by atoms with van der Waals surface area (Å²) in [6.45, 7) is 6.30. The van der Waals surface area contributed by atoms with E-state index in [1.54, 1.807) is 26.0 Å². The van der Waals surface area contributed by atoms with Gasteiger partial charge in [0.1, 0.15) is 0 Å². The number of rotatable bonds is 6. The van der Waals surface area contributed by atoms with E-state index in [0.29, 0.717) is 11.5 Å². The molecule has 0 spiro atoms. The first-order valence-electron chi connectivity index (χ1n) is 9.53. The van der Waals surface area contributed by atoms with Crippen molar-refractivity contribution in [3.8, 4) is 11.5 Å². The normalized spacial score (nSPS) is 11.3. The van der Waals surface area contributed by atoms with Gasteiger partial charge in [0.2, 0.25) is 0 Å². The molecule has 0 unspecified atom stereocenters. The first-order valence-corrected chi connectivity index (χ1v) is 10.5. The first kappa shape index (κ1) is 19.5. The zero-order valence-electron chi connectivity index (χ0n) is 17.3. The van der Waals surface area contributed by atoms with E-state index >= 15 is 0 Å². The maximum absolute atomic E-state index is 5.47. The van der Waals surface area contributed by atoms with Crippen LogP contribution >= 0.6 is 11.8 Å². The highest BCUT2D eigenvalue weighted by Crippen LogP contribution is 2.34. The topological polar surface area (TPSA) is 61.5 Å². The van der Waals surface area contributed by atoms with Gasteiger partial charge >= 0.3 is 0 Å². The van der Waals surface area contributed by atoms with E-state index in [9.17, 15) is 0 Å². The van der Waals surface area contributed by atoms with E-state index in [1.165, 1.54) is 16.7 Å². The number of fused-ring (bicyclic) bond motifs is 3. The Bertz CT molecular complexity index is 1180. The van der Waals surface area contributed by atoms with E-state index < -0.39 is 0 Å². The Labute approximate surface area is 174 Å². The number of aryl methyl sites for hydroxylation is 3. The molecule has 2 heterocycles. The van der Waals surface area contributed by atoms with Crippen molar-refractivity contribution in [2.75, 3.05) is 14.2 Å². The summed E-state index contributed by atoms with van der Waals surface area (Å²) in [5.74, 6) is 2.91. The van der Waals surface area contributed by atoms with Crippen LogP contribution < -0.4 is 9.47 Å². The van der Waals surface area contributed by atoms with Gasteiger partial charge in [-0.3, -0.25) is 0 Å². The lowest BCUT2D eigenvalue weighted by molar-refractivity contribution is 0.355. The zero-order valence-corrected chi connectivity index (χ0v) is 18.1. The minimum atomic E-state index is 0.650. The van der Waals surface area contributed by atoms with Gasteiger partial charge in [0.25, 0.3) is 0 Å². The largest absolute Gasteiger partial charge is 0.493 e. The quantitative estimate of drug-likeness (QED) is 0.338. The van der Waals surface area contributed by atoms with E-state index in [0.717, 1.165) is 39.7 Å². The van der Waals surface area contributed by atoms with Crippen molar-refractivity contribution in [3.05, 3.63) is 52.8 Å². The summed E-state index contributed by atoms with van der Waals surface area (Å²) >= 11 is 1.66. The molecule has 0 aliphatic heterocycles. The lowest BCUT2D eigenvalue weighted by atomic mass is 10.1. The molecule has 0 N–H and O–H groups in total. The van der Waals surface area contributed by atoms with Gasteiger partial charge in [0.05, 0.1) is 19.7 Å². The second-order valence-corrected chi connectivity index (χ2v) is 7.96. The minimum absolute atomic E-state index is 0.650. The maximum atomic E-state index is 5.47. The molecule has 0 radical (unpaired) electrons. The molecule has 2 aromatic heterocycles. The predicted molar refractivity (Wildman–Crippen MR) is 116 cm³/mol. The molecule has 0 atom stereocenters. The fourth-order valence-electron chi connectivity index (χ4n) is 3.50. The Hall–Kier alpha value is -2.80. The van der Waals surface area contributed by atoms with Gasteiger partial charge in [-0.1, -0.05) is 48.0 Å². The highest BCUT2D eigenvalue weighted by molar-refractivity contribution is 7.98. The molecule has 0 bridgehead atoms. The molecule has 0 saturated carbocycles. The number of aromatic nitrogens is 4. The summed E-state index contributed by atoms with van der Waals surface area (Å²) in [6, 6.07) is 10.4. The van der Waals surface area contributed by atoms with E-state index in [4.69, 9.17) is 19.4 Å². The van der Waals surface area contributed by atoms with Crippen LogP contribution in [-0.4, -0.2) is 33.8 Å². The summed E-state index contributed by atoms with van der Waals surface area (Å²) in [5, 5.41) is 6.38. The number of hydrogen-bond acceptors (Lipinski definition) is 6. The van der Waals surface area contributed by atoms with Crippen molar-refractivity contribution in [2.24, 2.45) is 0 Å². The average Bonchev–Trinajstić information content (AvgIpc) is 3.15. The highest BCUT2D eigenvalue weighted by Gasteiger charge is 2.17. The van der Waals surface area contributed by atoms with Crippen molar-refractivity contribution in [3.63, 3.8) is 0 Å². The van der Waals surface area contributed by atoms with Gasteiger partial charge in [0, 0.05) is 23.6 Å². The third kappa shape index (κ3) is 3.74. The number of hydrogen-bond donors (Lipinski definition) is 0. The molecule has 6 nitrogen and oxygen atoms in total. The third-order valence-electron chi connectivity index (χ3n) is 4.76. The van der Waals surface area contributed by atoms with Crippen molar-refractivity contribution < 1.29 is 9.47 Å². The number of ether oxygens (including phenoxy) is 2. The van der Waals surface area contributed by atoms with Crippen molar-refractivity contribution in [2.45, 2.75) is 38.1 Å². The van der Waals surface area contributed by atoms with Gasteiger partial charge in [-0.05, 0) is 25.5 Å². The Morgan fingerprint density at radius 3 is 2.28 bits per heavy atom. The second-order valence-electron chi connectivity index (χ2n) is 7.02. The standard InChI is InChI=1S/C22H24N4O2S/c1-6-20-24-21-16-10-18(27-4)19(28-5)11-17(16)23-22(26(21)25-20)29-12-15-8-13(2)7-14(3)9-15/h7-11H,6,12H2,1-5H3. The molecule has 0 amide bonds. The SMILES string of the molecule is CCc1nc2c3cc(OC)c(OC)cc3nc(SCc3cc(C)cc(C)c3)n2n1. The molecular weight excluding hydrogens is 384 g/mol. The van der Waals surface area contributed by atoms with Crippen molar-refractivity contribution in [1.82, 2.24) is 19.6 Å². The van der Waals surface area contributed by atoms with E-state index in [-0.39, 0.29) is 0 Å². The Kier molecular flexibility index (Phi) is 5.32. The average molecular weight is 409 g/mol. The van der Waals surface area contributed by atoms with Gasteiger partial charge < -0.3 is 9.47 Å². The van der Waals surface area contributed by atoms with Crippen molar-refractivity contribution in [1.29, 1.82) is 0 Å². The van der Waals surface area contributed by atoms with Crippen LogP contribution in [0.15, 0.2) is 35.5 Å². The molecular formula is C22H24N4O2S. The fourth-order valence-corrected chi connectivity index (χ4v) is 4.37. The minimum Gasteiger partial charge on any atom is -0.493 e. The molecule has 7 heteroatoms. The predicted octanol–water partition coefficient (Wildman–Crippen LogP) is 4.77. The molecule has 4 aromatic rings. The van der Waals surface area contributed by atoms with Crippen LogP contribution in [0, 0.1) is 13.8 Å². The third-order valence-corrected chi connectivity index (χ3v) is 5.76. The molecule has 0 fully saturated rings. The fraction of sp³-hybridized carbons (Fsp3) is 0.318. The monoisotopic (exact) mass is 408 g/mol. The molecule has 4 rings (SSSR count). The van der Waals surface area contributed by atoms with Crippen LogP contribution in [-0.2, 0) is 12.2 Å². The molecule has 0 aliphatic carbocycles. The van der Waals surface area contributed by atoms with Crippen LogP contribution in [0.2, 0.25) is 0 Å². The molecule has 0 aliphatic rings. The van der Waals surface area contributed by atoms with Crippen LogP contribution in [0.25, 0.3) is 16.6 Å². The van der Waals surface area contributed by atoms with Crippen LogP contribution in [0.1, 0.15) is 29.4 Å². The lowest BCUT2D eigenvalue weighted by Crippen LogP contribution is -2.00.